The quantitative estimate of drug-likeness (QED) is 0.621. The van der Waals surface area contributed by atoms with Crippen LogP contribution in [0.3, 0.4) is 0 Å². The van der Waals surface area contributed by atoms with Crippen molar-refractivity contribution in [2.75, 3.05) is 6.54 Å². The number of hydrogen-bond donors (Lipinski definition) is 2. The first-order chi connectivity index (χ1) is 10.3. The van der Waals surface area contributed by atoms with Crippen LogP contribution in [0.15, 0.2) is 0 Å². The average Bonchev–Trinajstić information content (AvgIpc) is 2.35. The fraction of sp³-hybridized carbons (Fsp3) is 0.944. The van der Waals surface area contributed by atoms with E-state index < -0.39 is 5.60 Å². The summed E-state index contributed by atoms with van der Waals surface area (Å²) in [4.78, 5) is 12.0. The molecule has 0 spiro atoms. The summed E-state index contributed by atoms with van der Waals surface area (Å²) in [6.07, 6.45) is 9.42. The zero-order valence-electron chi connectivity index (χ0n) is 15.3. The maximum atomic E-state index is 12.0. The van der Waals surface area contributed by atoms with E-state index in [1.807, 2.05) is 20.8 Å². The van der Waals surface area contributed by atoms with Gasteiger partial charge >= 0.3 is 6.09 Å². The number of unbranched alkanes of at least 4 members (excludes halogenated alkanes) is 3. The summed E-state index contributed by atoms with van der Waals surface area (Å²) >= 11 is 0. The summed E-state index contributed by atoms with van der Waals surface area (Å²) in [5, 5.41) is 6.69. The van der Waals surface area contributed by atoms with Crippen molar-refractivity contribution in [3.05, 3.63) is 0 Å². The zero-order chi connectivity index (χ0) is 16.6. The molecule has 0 radical (unpaired) electrons. The van der Waals surface area contributed by atoms with Gasteiger partial charge in [-0.1, -0.05) is 32.6 Å². The van der Waals surface area contributed by atoms with Crippen molar-refractivity contribution in [1.29, 1.82) is 0 Å². The van der Waals surface area contributed by atoms with Crippen LogP contribution < -0.4 is 10.6 Å². The molecule has 1 aliphatic carbocycles. The third kappa shape index (κ3) is 7.48. The highest BCUT2D eigenvalue weighted by Gasteiger charge is 2.39. The van der Waals surface area contributed by atoms with Gasteiger partial charge in [0.2, 0.25) is 0 Å². The fourth-order valence-electron chi connectivity index (χ4n) is 2.82. The van der Waals surface area contributed by atoms with E-state index in [1.54, 1.807) is 0 Å². The second kappa shape index (κ2) is 8.76. The van der Waals surface area contributed by atoms with Gasteiger partial charge in [-0.2, -0.15) is 0 Å². The minimum Gasteiger partial charge on any atom is -0.444 e. The van der Waals surface area contributed by atoms with Crippen LogP contribution in [-0.4, -0.2) is 29.8 Å². The van der Waals surface area contributed by atoms with Gasteiger partial charge in [0.25, 0.3) is 0 Å². The lowest BCUT2D eigenvalue weighted by Gasteiger charge is -2.43. The Hall–Kier alpha value is -0.770. The molecule has 1 saturated carbocycles. The van der Waals surface area contributed by atoms with Gasteiger partial charge < -0.3 is 15.4 Å². The maximum absolute atomic E-state index is 12.0. The molecule has 1 fully saturated rings. The second-order valence-electron chi connectivity index (χ2n) is 7.89. The molecule has 0 aromatic heterocycles. The van der Waals surface area contributed by atoms with Crippen LogP contribution in [-0.2, 0) is 4.74 Å². The van der Waals surface area contributed by atoms with Crippen molar-refractivity contribution in [3.8, 4) is 0 Å². The Kier molecular flexibility index (Phi) is 7.67. The Labute approximate surface area is 136 Å². The molecule has 1 aliphatic rings. The third-order valence-electron chi connectivity index (χ3n) is 4.36. The summed E-state index contributed by atoms with van der Waals surface area (Å²) in [5.74, 6) is 0. The van der Waals surface area contributed by atoms with E-state index in [0.717, 1.165) is 19.4 Å². The summed E-state index contributed by atoms with van der Waals surface area (Å²) in [7, 11) is 0. The minimum absolute atomic E-state index is 0.0972. The van der Waals surface area contributed by atoms with E-state index in [0.29, 0.717) is 6.04 Å². The Morgan fingerprint density at radius 3 is 2.41 bits per heavy atom. The highest BCUT2D eigenvalue weighted by atomic mass is 16.6. The third-order valence-corrected chi connectivity index (χ3v) is 4.36. The Bertz CT molecular complexity index is 332. The Morgan fingerprint density at radius 2 is 1.91 bits per heavy atom. The van der Waals surface area contributed by atoms with Crippen LogP contribution in [0.25, 0.3) is 0 Å². The number of nitrogens with one attached hydrogen (secondary N) is 2. The van der Waals surface area contributed by atoms with Crippen molar-refractivity contribution in [2.45, 2.75) is 103 Å². The predicted molar refractivity (Wildman–Crippen MR) is 92.2 cm³/mol. The molecule has 4 nitrogen and oxygen atoms in total. The molecule has 1 atom stereocenters. The molecule has 0 aromatic carbocycles. The van der Waals surface area contributed by atoms with Gasteiger partial charge in [0.15, 0.2) is 0 Å². The molecule has 4 heteroatoms. The summed E-state index contributed by atoms with van der Waals surface area (Å²) in [6, 6.07) is 0.509. The predicted octanol–water partition coefficient (Wildman–Crippen LogP) is 4.38. The Morgan fingerprint density at radius 1 is 1.23 bits per heavy atom. The molecular weight excluding hydrogens is 276 g/mol. The summed E-state index contributed by atoms with van der Waals surface area (Å²) in [6.45, 7) is 11.0. The number of carbonyl (C=O) groups is 1. The SMILES string of the molecule is CCCCCCC(C)NCC1(NC(=O)OC(C)(C)C)CCC1. The number of carbonyl (C=O) groups excluding carboxylic acids is 1. The summed E-state index contributed by atoms with van der Waals surface area (Å²) in [5.41, 5.74) is -0.533. The van der Waals surface area contributed by atoms with Crippen LogP contribution in [0.5, 0.6) is 0 Å². The second-order valence-corrected chi connectivity index (χ2v) is 7.89. The molecule has 0 bridgehead atoms. The highest BCUT2D eigenvalue weighted by molar-refractivity contribution is 5.69. The normalized spacial score (nSPS) is 18.4. The van der Waals surface area contributed by atoms with E-state index in [2.05, 4.69) is 24.5 Å². The largest absolute Gasteiger partial charge is 0.444 e. The number of amides is 1. The molecule has 0 saturated heterocycles. The number of rotatable bonds is 9. The van der Waals surface area contributed by atoms with E-state index >= 15 is 0 Å². The maximum Gasteiger partial charge on any atom is 0.408 e. The topological polar surface area (TPSA) is 50.4 Å². The fourth-order valence-corrected chi connectivity index (χ4v) is 2.82. The van der Waals surface area contributed by atoms with E-state index in [-0.39, 0.29) is 11.6 Å². The lowest BCUT2D eigenvalue weighted by Crippen LogP contribution is -2.60. The molecule has 1 unspecified atom stereocenters. The van der Waals surface area contributed by atoms with Crippen LogP contribution >= 0.6 is 0 Å². The average molecular weight is 312 g/mol. The molecule has 1 amide bonds. The first kappa shape index (κ1) is 19.3. The monoisotopic (exact) mass is 312 g/mol. The van der Waals surface area contributed by atoms with E-state index in [4.69, 9.17) is 4.74 Å². The number of ether oxygens (including phenoxy) is 1. The Balaban J connectivity index is 2.29. The molecule has 2 N–H and O–H groups in total. The zero-order valence-corrected chi connectivity index (χ0v) is 15.3. The molecule has 22 heavy (non-hydrogen) atoms. The van der Waals surface area contributed by atoms with E-state index in [9.17, 15) is 4.79 Å². The van der Waals surface area contributed by atoms with Gasteiger partial charge in [-0.05, 0) is 53.4 Å². The first-order valence-electron chi connectivity index (χ1n) is 9.01. The van der Waals surface area contributed by atoms with Crippen LogP contribution in [0.2, 0.25) is 0 Å². The van der Waals surface area contributed by atoms with Gasteiger partial charge in [-0.3, -0.25) is 0 Å². The smallest absolute Gasteiger partial charge is 0.408 e. The van der Waals surface area contributed by atoms with Crippen LogP contribution in [0.1, 0.15) is 86.0 Å². The molecule has 1 rings (SSSR count). The first-order valence-corrected chi connectivity index (χ1v) is 9.01. The number of alkyl carbamates (subject to hydrolysis) is 1. The lowest BCUT2D eigenvalue weighted by molar-refractivity contribution is 0.0379. The highest BCUT2D eigenvalue weighted by Crippen LogP contribution is 2.31. The van der Waals surface area contributed by atoms with Crippen molar-refractivity contribution in [1.82, 2.24) is 10.6 Å². The van der Waals surface area contributed by atoms with Gasteiger partial charge in [-0.15, -0.1) is 0 Å². The van der Waals surface area contributed by atoms with Crippen LogP contribution in [0.4, 0.5) is 4.79 Å². The van der Waals surface area contributed by atoms with Gasteiger partial charge in [0, 0.05) is 12.6 Å². The minimum atomic E-state index is -0.435. The van der Waals surface area contributed by atoms with Crippen LogP contribution in [0, 0.1) is 0 Å². The molecule has 130 valence electrons. The van der Waals surface area contributed by atoms with Gasteiger partial charge in [-0.25, -0.2) is 4.79 Å². The van der Waals surface area contributed by atoms with Gasteiger partial charge in [0.1, 0.15) is 5.60 Å². The summed E-state index contributed by atoms with van der Waals surface area (Å²) < 4.78 is 5.39. The number of hydrogen-bond acceptors (Lipinski definition) is 3. The van der Waals surface area contributed by atoms with Crippen molar-refractivity contribution in [3.63, 3.8) is 0 Å². The van der Waals surface area contributed by atoms with Crippen molar-refractivity contribution >= 4 is 6.09 Å². The standard InChI is InChI=1S/C18H36N2O2/c1-6-7-8-9-11-15(2)19-14-18(12-10-13-18)20-16(21)22-17(3,4)5/h15,19H,6-14H2,1-5H3,(H,20,21). The molecule has 0 aromatic rings. The van der Waals surface area contributed by atoms with Crippen molar-refractivity contribution in [2.24, 2.45) is 0 Å². The molecular formula is C18H36N2O2. The lowest BCUT2D eigenvalue weighted by atomic mass is 9.76. The molecule has 0 aliphatic heterocycles. The van der Waals surface area contributed by atoms with Crippen molar-refractivity contribution < 1.29 is 9.53 Å². The van der Waals surface area contributed by atoms with E-state index in [1.165, 1.54) is 38.5 Å². The molecule has 0 heterocycles. The van der Waals surface area contributed by atoms with Gasteiger partial charge in [0.05, 0.1) is 5.54 Å².